The minimum Gasteiger partial charge on any atom is -0.342 e. The Morgan fingerprint density at radius 2 is 1.86 bits per heavy atom. The highest BCUT2D eigenvalue weighted by atomic mass is 35.5. The molecule has 0 radical (unpaired) electrons. The van der Waals surface area contributed by atoms with E-state index < -0.39 is 0 Å². The average Bonchev–Trinajstić information content (AvgIpc) is 2.85. The maximum absolute atomic E-state index is 11.7. The number of piperidine rings is 1. The lowest BCUT2D eigenvalue weighted by Crippen LogP contribution is -2.50. The van der Waals surface area contributed by atoms with E-state index in [1.54, 1.807) is 0 Å². The number of carbonyl (C=O) groups excluding carboxylic acids is 1. The van der Waals surface area contributed by atoms with Gasteiger partial charge in [-0.05, 0) is 32.6 Å². The van der Waals surface area contributed by atoms with Crippen molar-refractivity contribution < 1.29 is 4.79 Å². The first-order chi connectivity index (χ1) is 6.08. The number of amides is 1. The molecule has 1 amide bonds. The van der Waals surface area contributed by atoms with E-state index in [9.17, 15) is 4.79 Å². The molecular weight excluding hydrogens is 200 g/mol. The van der Waals surface area contributed by atoms with Crippen LogP contribution >= 0.6 is 12.4 Å². The highest BCUT2D eigenvalue weighted by molar-refractivity contribution is 5.85. The molecule has 1 saturated heterocycles. The van der Waals surface area contributed by atoms with Gasteiger partial charge in [-0.1, -0.05) is 0 Å². The normalized spacial score (nSPS) is 25.4. The summed E-state index contributed by atoms with van der Waals surface area (Å²) >= 11 is 0. The minimum atomic E-state index is -0.0413. The summed E-state index contributed by atoms with van der Waals surface area (Å²) in [5.41, 5.74) is 5.95. The number of nitrogens with two attached hydrogens (primary N) is 1. The van der Waals surface area contributed by atoms with Crippen LogP contribution in [0.5, 0.6) is 0 Å². The van der Waals surface area contributed by atoms with Gasteiger partial charge in [-0.2, -0.15) is 0 Å². The first-order valence-electron chi connectivity index (χ1n) is 5.16. The van der Waals surface area contributed by atoms with E-state index in [1.165, 1.54) is 0 Å². The zero-order valence-corrected chi connectivity index (χ0v) is 9.48. The van der Waals surface area contributed by atoms with E-state index in [0.29, 0.717) is 11.8 Å². The number of rotatable bonds is 1. The topological polar surface area (TPSA) is 46.3 Å². The maximum Gasteiger partial charge on any atom is 0.225 e. The van der Waals surface area contributed by atoms with E-state index in [4.69, 9.17) is 5.73 Å². The molecule has 2 N–H and O–H groups in total. The molecule has 2 fully saturated rings. The van der Waals surface area contributed by atoms with Gasteiger partial charge in [-0.3, -0.25) is 4.79 Å². The smallest absolute Gasteiger partial charge is 0.225 e. The Bertz CT molecular complexity index is 216. The molecule has 0 unspecified atom stereocenters. The molecule has 0 aromatic heterocycles. The van der Waals surface area contributed by atoms with Crippen LogP contribution in [0.2, 0.25) is 0 Å². The van der Waals surface area contributed by atoms with E-state index in [1.807, 2.05) is 4.90 Å². The number of nitrogens with zero attached hydrogens (tertiary/aromatic N) is 1. The van der Waals surface area contributed by atoms with Gasteiger partial charge in [0.05, 0.1) is 0 Å². The van der Waals surface area contributed by atoms with E-state index >= 15 is 0 Å². The van der Waals surface area contributed by atoms with Crippen molar-refractivity contribution in [3.63, 3.8) is 0 Å². The molecule has 0 aromatic carbocycles. The summed E-state index contributed by atoms with van der Waals surface area (Å²) in [6.45, 7) is 3.80. The number of hydrogen-bond donors (Lipinski definition) is 1. The molecule has 2 aliphatic rings. The van der Waals surface area contributed by atoms with E-state index in [2.05, 4.69) is 6.92 Å². The van der Waals surface area contributed by atoms with Gasteiger partial charge in [0.2, 0.25) is 5.91 Å². The molecule has 1 saturated carbocycles. The summed E-state index contributed by atoms with van der Waals surface area (Å²) in [7, 11) is 0. The van der Waals surface area contributed by atoms with Crippen LogP contribution in [0.4, 0.5) is 0 Å². The molecular formula is C10H19ClN2O. The Balaban J connectivity index is 0.000000980. The van der Waals surface area contributed by atoms with Gasteiger partial charge in [0, 0.05) is 24.5 Å². The predicted molar refractivity (Wildman–Crippen MR) is 58.4 cm³/mol. The third-order valence-electron chi connectivity index (χ3n) is 3.14. The van der Waals surface area contributed by atoms with Crippen molar-refractivity contribution in [2.24, 2.45) is 11.7 Å². The Labute approximate surface area is 91.4 Å². The van der Waals surface area contributed by atoms with Crippen molar-refractivity contribution in [1.82, 2.24) is 4.90 Å². The summed E-state index contributed by atoms with van der Waals surface area (Å²) in [6, 6.07) is 0. The lowest BCUT2D eigenvalue weighted by molar-refractivity contribution is -0.134. The molecule has 1 heterocycles. The minimum absolute atomic E-state index is 0. The van der Waals surface area contributed by atoms with Crippen LogP contribution in [0, 0.1) is 5.92 Å². The largest absolute Gasteiger partial charge is 0.342 e. The van der Waals surface area contributed by atoms with Gasteiger partial charge in [0.15, 0.2) is 0 Å². The lowest BCUT2D eigenvalue weighted by atomic mass is 9.91. The highest BCUT2D eigenvalue weighted by Gasteiger charge is 2.36. The molecule has 0 atom stereocenters. The van der Waals surface area contributed by atoms with Gasteiger partial charge in [0.25, 0.3) is 0 Å². The van der Waals surface area contributed by atoms with Gasteiger partial charge in [-0.15, -0.1) is 12.4 Å². The summed E-state index contributed by atoms with van der Waals surface area (Å²) in [5, 5.41) is 0. The summed E-state index contributed by atoms with van der Waals surface area (Å²) in [6.07, 6.45) is 4.11. The molecule has 0 spiro atoms. The Morgan fingerprint density at radius 1 is 1.36 bits per heavy atom. The summed E-state index contributed by atoms with van der Waals surface area (Å²) in [4.78, 5) is 13.6. The molecule has 1 aliphatic carbocycles. The fourth-order valence-electron chi connectivity index (χ4n) is 1.83. The fourth-order valence-corrected chi connectivity index (χ4v) is 1.83. The van der Waals surface area contributed by atoms with Crippen molar-refractivity contribution in [3.8, 4) is 0 Å². The molecule has 3 nitrogen and oxygen atoms in total. The zero-order valence-electron chi connectivity index (χ0n) is 8.66. The van der Waals surface area contributed by atoms with Crippen LogP contribution in [0.3, 0.4) is 0 Å². The van der Waals surface area contributed by atoms with Gasteiger partial charge in [-0.25, -0.2) is 0 Å². The van der Waals surface area contributed by atoms with Crippen molar-refractivity contribution in [2.45, 2.75) is 38.1 Å². The molecule has 0 aromatic rings. The van der Waals surface area contributed by atoms with E-state index in [0.717, 1.165) is 38.8 Å². The molecule has 4 heteroatoms. The monoisotopic (exact) mass is 218 g/mol. The van der Waals surface area contributed by atoms with Crippen LogP contribution in [0.15, 0.2) is 0 Å². The van der Waals surface area contributed by atoms with Crippen LogP contribution in [0.25, 0.3) is 0 Å². The Morgan fingerprint density at radius 3 is 2.29 bits per heavy atom. The first-order valence-corrected chi connectivity index (χ1v) is 5.16. The molecule has 2 rings (SSSR count). The van der Waals surface area contributed by atoms with Gasteiger partial charge in [0.1, 0.15) is 0 Å². The molecule has 0 bridgehead atoms. The molecule has 1 aliphatic heterocycles. The van der Waals surface area contributed by atoms with Crippen molar-refractivity contribution >= 4 is 18.3 Å². The van der Waals surface area contributed by atoms with Gasteiger partial charge < -0.3 is 10.6 Å². The highest BCUT2D eigenvalue weighted by Crippen LogP contribution is 2.32. The number of carbonyl (C=O) groups is 1. The second-order valence-electron chi connectivity index (χ2n) is 4.75. The van der Waals surface area contributed by atoms with Gasteiger partial charge >= 0.3 is 0 Å². The fraction of sp³-hybridized carbons (Fsp3) is 0.900. The average molecular weight is 219 g/mol. The molecule has 14 heavy (non-hydrogen) atoms. The zero-order chi connectivity index (χ0) is 9.47. The second-order valence-corrected chi connectivity index (χ2v) is 4.75. The SMILES string of the molecule is CC1(N)CCN(C(=O)C2CC2)CC1.Cl. The number of halogens is 1. The predicted octanol–water partition coefficient (Wildman–Crippen LogP) is 1.16. The van der Waals surface area contributed by atoms with Crippen LogP contribution < -0.4 is 5.73 Å². The third kappa shape index (κ3) is 2.61. The van der Waals surface area contributed by atoms with Crippen molar-refractivity contribution in [3.05, 3.63) is 0 Å². The Kier molecular flexibility index (Phi) is 3.43. The van der Waals surface area contributed by atoms with E-state index in [-0.39, 0.29) is 17.9 Å². The van der Waals surface area contributed by atoms with Crippen LogP contribution in [-0.4, -0.2) is 29.4 Å². The van der Waals surface area contributed by atoms with Crippen molar-refractivity contribution in [1.29, 1.82) is 0 Å². The maximum atomic E-state index is 11.7. The lowest BCUT2D eigenvalue weighted by Gasteiger charge is -2.36. The van der Waals surface area contributed by atoms with Crippen LogP contribution in [-0.2, 0) is 4.79 Å². The number of hydrogen-bond acceptors (Lipinski definition) is 2. The first kappa shape index (κ1) is 11.8. The third-order valence-corrected chi connectivity index (χ3v) is 3.14. The molecule has 82 valence electrons. The van der Waals surface area contributed by atoms with Crippen molar-refractivity contribution in [2.75, 3.05) is 13.1 Å². The Hall–Kier alpha value is -0.280. The second kappa shape index (κ2) is 4.07. The quantitative estimate of drug-likeness (QED) is 0.718. The summed E-state index contributed by atoms with van der Waals surface area (Å²) in [5.74, 6) is 0.734. The van der Waals surface area contributed by atoms with Crippen LogP contribution in [0.1, 0.15) is 32.6 Å². The summed E-state index contributed by atoms with van der Waals surface area (Å²) < 4.78 is 0. The number of likely N-dealkylation sites (tertiary alicyclic amines) is 1. The standard InChI is InChI=1S/C10H18N2O.ClH/c1-10(11)4-6-12(7-5-10)9(13)8-2-3-8;/h8H,2-7,11H2,1H3;1H.